The molecule has 1 N–H and O–H groups in total. The summed E-state index contributed by atoms with van der Waals surface area (Å²) in [4.78, 5) is 20.5. The highest BCUT2D eigenvalue weighted by Gasteiger charge is 2.09. The molecule has 108 valence electrons. The van der Waals surface area contributed by atoms with Crippen molar-refractivity contribution in [3.8, 4) is 0 Å². The molecule has 0 unspecified atom stereocenters. The molecule has 2 aromatic heterocycles. The Morgan fingerprint density at radius 1 is 1.24 bits per heavy atom. The van der Waals surface area contributed by atoms with Gasteiger partial charge < -0.3 is 9.73 Å². The molecule has 0 amide bonds. The highest BCUT2D eigenvalue weighted by Crippen LogP contribution is 2.13. The molecular formula is C15H16N4O2. The number of anilines is 1. The minimum atomic E-state index is -0.383. The number of para-hydroxylation sites is 2. The molecule has 0 atom stereocenters. The highest BCUT2D eigenvalue weighted by molar-refractivity contribution is 5.72. The van der Waals surface area contributed by atoms with Crippen LogP contribution in [0.15, 0.2) is 45.9 Å². The van der Waals surface area contributed by atoms with Crippen molar-refractivity contribution >= 4 is 16.9 Å². The average Bonchev–Trinajstić information content (AvgIpc) is 2.83. The summed E-state index contributed by atoms with van der Waals surface area (Å²) in [6, 6.07) is 7.34. The predicted octanol–water partition coefficient (Wildman–Crippen LogP) is 2.25. The summed E-state index contributed by atoms with van der Waals surface area (Å²) in [5, 5.41) is 3.16. The van der Waals surface area contributed by atoms with Crippen LogP contribution < -0.4 is 11.1 Å². The molecule has 0 spiro atoms. The number of aromatic nitrogens is 3. The smallest absolute Gasteiger partial charge is 0.408 e. The Balaban J connectivity index is 1.85. The van der Waals surface area contributed by atoms with Crippen molar-refractivity contribution in [3.63, 3.8) is 0 Å². The van der Waals surface area contributed by atoms with Crippen molar-refractivity contribution in [1.82, 2.24) is 14.5 Å². The lowest BCUT2D eigenvalue weighted by Crippen LogP contribution is -2.16. The quantitative estimate of drug-likeness (QED) is 0.778. The van der Waals surface area contributed by atoms with E-state index in [-0.39, 0.29) is 5.76 Å². The number of benzene rings is 1. The average molecular weight is 284 g/mol. The fraction of sp³-hybridized carbons (Fsp3) is 0.267. The van der Waals surface area contributed by atoms with Gasteiger partial charge in [0.15, 0.2) is 5.58 Å². The van der Waals surface area contributed by atoms with E-state index in [2.05, 4.69) is 22.2 Å². The van der Waals surface area contributed by atoms with E-state index >= 15 is 0 Å². The molecule has 0 saturated carbocycles. The van der Waals surface area contributed by atoms with E-state index in [9.17, 15) is 4.79 Å². The predicted molar refractivity (Wildman–Crippen MR) is 80.4 cm³/mol. The minimum absolute atomic E-state index is 0.344. The van der Waals surface area contributed by atoms with Crippen LogP contribution in [0.3, 0.4) is 0 Å². The van der Waals surface area contributed by atoms with Gasteiger partial charge in [-0.25, -0.2) is 9.78 Å². The second-order valence-corrected chi connectivity index (χ2v) is 4.74. The first-order valence-electron chi connectivity index (χ1n) is 6.91. The standard InChI is InChI=1S/C15H16N4O2/c1-2-7-16-14-9-17-11(8-18-14)10-19-12-5-3-4-6-13(12)21-15(19)20/h3-6,8-9H,2,7,10H2,1H3,(H,16,18). The van der Waals surface area contributed by atoms with Crippen LogP contribution in [0.4, 0.5) is 5.82 Å². The number of fused-ring (bicyclic) bond motifs is 1. The molecule has 6 nitrogen and oxygen atoms in total. The van der Waals surface area contributed by atoms with E-state index in [1.165, 1.54) is 0 Å². The summed E-state index contributed by atoms with van der Waals surface area (Å²) in [5.74, 6) is 0.358. The van der Waals surface area contributed by atoms with Gasteiger partial charge in [-0.2, -0.15) is 0 Å². The van der Waals surface area contributed by atoms with Crippen molar-refractivity contribution in [3.05, 3.63) is 52.9 Å². The van der Waals surface area contributed by atoms with Crippen LogP contribution in [0.5, 0.6) is 0 Å². The Hall–Kier alpha value is -2.63. The van der Waals surface area contributed by atoms with Crippen molar-refractivity contribution in [2.75, 3.05) is 11.9 Å². The molecule has 0 radical (unpaired) electrons. The van der Waals surface area contributed by atoms with E-state index in [4.69, 9.17) is 4.42 Å². The molecule has 6 heteroatoms. The lowest BCUT2D eigenvalue weighted by atomic mass is 10.3. The molecule has 0 fully saturated rings. The maximum atomic E-state index is 11.9. The van der Waals surface area contributed by atoms with Gasteiger partial charge in [-0.05, 0) is 18.6 Å². The molecule has 0 saturated heterocycles. The third kappa shape index (κ3) is 2.79. The fourth-order valence-electron chi connectivity index (χ4n) is 2.11. The number of nitrogens with one attached hydrogen (secondary N) is 1. The Labute approximate surface area is 121 Å². The van der Waals surface area contributed by atoms with E-state index in [0.717, 1.165) is 24.3 Å². The number of rotatable bonds is 5. The maximum Gasteiger partial charge on any atom is 0.420 e. The van der Waals surface area contributed by atoms with Gasteiger partial charge in [0.25, 0.3) is 0 Å². The van der Waals surface area contributed by atoms with Gasteiger partial charge in [0.2, 0.25) is 0 Å². The van der Waals surface area contributed by atoms with Gasteiger partial charge in [0, 0.05) is 6.54 Å². The SMILES string of the molecule is CCCNc1cnc(Cn2c(=O)oc3ccccc32)cn1. The lowest BCUT2D eigenvalue weighted by molar-refractivity contribution is 0.516. The first-order chi connectivity index (χ1) is 10.3. The summed E-state index contributed by atoms with van der Waals surface area (Å²) < 4.78 is 6.75. The van der Waals surface area contributed by atoms with E-state index in [0.29, 0.717) is 17.8 Å². The molecule has 1 aromatic carbocycles. The lowest BCUT2D eigenvalue weighted by Gasteiger charge is -2.05. The molecular weight excluding hydrogens is 268 g/mol. The van der Waals surface area contributed by atoms with Crippen LogP contribution in [0.1, 0.15) is 19.0 Å². The van der Waals surface area contributed by atoms with Crippen LogP contribution in [0.2, 0.25) is 0 Å². The van der Waals surface area contributed by atoms with Gasteiger partial charge in [0.05, 0.1) is 30.1 Å². The van der Waals surface area contributed by atoms with Gasteiger partial charge in [-0.15, -0.1) is 0 Å². The minimum Gasteiger partial charge on any atom is -0.408 e. The molecule has 2 heterocycles. The largest absolute Gasteiger partial charge is 0.420 e. The normalized spacial score (nSPS) is 10.9. The molecule has 0 aliphatic heterocycles. The molecule has 3 rings (SSSR count). The van der Waals surface area contributed by atoms with E-state index < -0.39 is 0 Å². The molecule has 0 bridgehead atoms. The van der Waals surface area contributed by atoms with Crippen LogP contribution in [-0.2, 0) is 6.54 Å². The zero-order chi connectivity index (χ0) is 14.7. The highest BCUT2D eigenvalue weighted by atomic mass is 16.4. The Kier molecular flexibility index (Phi) is 3.68. The van der Waals surface area contributed by atoms with Crippen LogP contribution in [-0.4, -0.2) is 21.1 Å². The number of hydrogen-bond donors (Lipinski definition) is 1. The van der Waals surface area contributed by atoms with Crippen LogP contribution in [0, 0.1) is 0 Å². The summed E-state index contributed by atoms with van der Waals surface area (Å²) >= 11 is 0. The van der Waals surface area contributed by atoms with Gasteiger partial charge in [0.1, 0.15) is 5.82 Å². The topological polar surface area (TPSA) is 73.0 Å². The number of hydrogen-bond acceptors (Lipinski definition) is 5. The summed E-state index contributed by atoms with van der Waals surface area (Å²) in [6.45, 7) is 3.29. The van der Waals surface area contributed by atoms with Crippen molar-refractivity contribution in [2.45, 2.75) is 19.9 Å². The second kappa shape index (κ2) is 5.78. The van der Waals surface area contributed by atoms with Gasteiger partial charge in [-0.3, -0.25) is 9.55 Å². The number of nitrogens with zero attached hydrogens (tertiary/aromatic N) is 3. The Bertz CT molecular complexity index is 789. The molecule has 21 heavy (non-hydrogen) atoms. The van der Waals surface area contributed by atoms with E-state index in [1.807, 2.05) is 18.2 Å². The Morgan fingerprint density at radius 3 is 2.86 bits per heavy atom. The third-order valence-corrected chi connectivity index (χ3v) is 3.16. The molecule has 0 aliphatic carbocycles. The first kappa shape index (κ1) is 13.4. The summed E-state index contributed by atoms with van der Waals surface area (Å²) in [7, 11) is 0. The maximum absolute atomic E-state index is 11.9. The summed E-state index contributed by atoms with van der Waals surface area (Å²) in [5.41, 5.74) is 2.06. The van der Waals surface area contributed by atoms with Gasteiger partial charge >= 0.3 is 5.76 Å². The molecule has 3 aromatic rings. The van der Waals surface area contributed by atoms with Crippen molar-refractivity contribution in [2.24, 2.45) is 0 Å². The van der Waals surface area contributed by atoms with E-state index in [1.54, 1.807) is 23.0 Å². The monoisotopic (exact) mass is 284 g/mol. The Morgan fingerprint density at radius 2 is 2.10 bits per heavy atom. The van der Waals surface area contributed by atoms with Crippen molar-refractivity contribution < 1.29 is 4.42 Å². The van der Waals surface area contributed by atoms with Crippen LogP contribution >= 0.6 is 0 Å². The van der Waals surface area contributed by atoms with Gasteiger partial charge in [-0.1, -0.05) is 19.1 Å². The third-order valence-electron chi connectivity index (χ3n) is 3.16. The zero-order valence-corrected chi connectivity index (χ0v) is 11.7. The van der Waals surface area contributed by atoms with Crippen LogP contribution in [0.25, 0.3) is 11.1 Å². The van der Waals surface area contributed by atoms with Crippen molar-refractivity contribution in [1.29, 1.82) is 0 Å². The zero-order valence-electron chi connectivity index (χ0n) is 11.7. The number of oxazole rings is 1. The summed E-state index contributed by atoms with van der Waals surface area (Å²) in [6.07, 6.45) is 4.38. The first-order valence-corrected chi connectivity index (χ1v) is 6.91. The molecule has 0 aliphatic rings. The fourth-order valence-corrected chi connectivity index (χ4v) is 2.11. The second-order valence-electron chi connectivity index (χ2n) is 4.74.